The van der Waals surface area contributed by atoms with E-state index in [0.29, 0.717) is 4.90 Å². The Morgan fingerprint density at radius 1 is 0.941 bits per heavy atom. The van der Waals surface area contributed by atoms with Crippen molar-refractivity contribution in [2.75, 3.05) is 0 Å². The molecule has 0 aliphatic carbocycles. The lowest BCUT2D eigenvalue weighted by molar-refractivity contribution is 0.582. The van der Waals surface area contributed by atoms with Gasteiger partial charge in [-0.1, -0.05) is 32.9 Å². The van der Waals surface area contributed by atoms with Crippen molar-refractivity contribution in [1.82, 2.24) is 0 Å². The molecule has 0 saturated heterocycles. The Kier molecular flexibility index (Phi) is 4.22. The van der Waals surface area contributed by atoms with Gasteiger partial charge in [-0.2, -0.15) is 0 Å². The smallest absolute Gasteiger partial charge is 0.0795 e. The van der Waals surface area contributed by atoms with E-state index in [-0.39, 0.29) is 5.41 Å². The zero-order valence-corrected chi connectivity index (χ0v) is 11.5. The summed E-state index contributed by atoms with van der Waals surface area (Å²) < 4.78 is 0. The van der Waals surface area contributed by atoms with Crippen molar-refractivity contribution in [2.45, 2.75) is 43.4 Å². The van der Waals surface area contributed by atoms with Crippen LogP contribution >= 0.6 is 12.6 Å². The van der Waals surface area contributed by atoms with Gasteiger partial charge in [0.25, 0.3) is 0 Å². The van der Waals surface area contributed by atoms with Gasteiger partial charge in [0.1, 0.15) is 0 Å². The molecule has 96 valence electrons. The first-order valence-electron chi connectivity index (χ1n) is 5.54. The number of rotatable bonds is 2. The van der Waals surface area contributed by atoms with Crippen LogP contribution < -0.4 is 22.9 Å². The second kappa shape index (κ2) is 4.96. The summed E-state index contributed by atoms with van der Waals surface area (Å²) in [6, 6.07) is 3.94. The maximum atomic E-state index is 5.74. The normalized spacial score (nSPS) is 12.6. The first kappa shape index (κ1) is 14.5. The van der Waals surface area contributed by atoms with Crippen molar-refractivity contribution in [1.29, 1.82) is 0 Å². The topological polar surface area (TPSA) is 104 Å². The first-order chi connectivity index (χ1) is 7.64. The van der Waals surface area contributed by atoms with Gasteiger partial charge in [-0.05, 0) is 22.1 Å². The van der Waals surface area contributed by atoms with Crippen LogP contribution in [0.1, 0.15) is 49.8 Å². The summed E-state index contributed by atoms with van der Waals surface area (Å²) in [5.41, 5.74) is 25.6. The van der Waals surface area contributed by atoms with E-state index >= 15 is 0 Å². The highest BCUT2D eigenvalue weighted by Crippen LogP contribution is 2.31. The number of benzene rings is 1. The molecule has 0 aliphatic heterocycles. The molecule has 0 saturated carbocycles. The molecule has 1 aromatic rings. The highest BCUT2D eigenvalue weighted by atomic mass is 32.1. The predicted molar refractivity (Wildman–Crippen MR) is 74.6 cm³/mol. The molecule has 17 heavy (non-hydrogen) atoms. The molecule has 0 radical (unpaired) electrons. The highest BCUT2D eigenvalue weighted by molar-refractivity contribution is 7.80. The quantitative estimate of drug-likeness (QED) is 0.403. The van der Waals surface area contributed by atoms with Gasteiger partial charge in [-0.25, -0.2) is 0 Å². The summed E-state index contributed by atoms with van der Waals surface area (Å²) in [6.07, 6.45) is -1.16. The maximum Gasteiger partial charge on any atom is 0.0795 e. The number of nitrogens with two attached hydrogens (primary N) is 4. The summed E-state index contributed by atoms with van der Waals surface area (Å²) in [5.74, 6) is 0. The maximum absolute atomic E-state index is 5.74. The molecule has 0 amide bonds. The molecule has 0 aromatic heterocycles. The van der Waals surface area contributed by atoms with Crippen LogP contribution in [0.2, 0.25) is 0 Å². The minimum absolute atomic E-state index is 0.0191. The van der Waals surface area contributed by atoms with Crippen molar-refractivity contribution >= 4 is 12.6 Å². The van der Waals surface area contributed by atoms with E-state index in [1.165, 1.54) is 0 Å². The summed E-state index contributed by atoms with van der Waals surface area (Å²) in [7, 11) is 0. The Morgan fingerprint density at radius 2 is 1.29 bits per heavy atom. The van der Waals surface area contributed by atoms with Crippen molar-refractivity contribution in [3.8, 4) is 0 Å². The van der Waals surface area contributed by atoms with Crippen LogP contribution in [0.3, 0.4) is 0 Å². The zero-order chi connectivity index (χ0) is 13.4. The van der Waals surface area contributed by atoms with E-state index < -0.39 is 12.3 Å². The molecule has 0 heterocycles. The van der Waals surface area contributed by atoms with Crippen LogP contribution in [0.15, 0.2) is 17.0 Å². The summed E-state index contributed by atoms with van der Waals surface area (Å²) in [5, 5.41) is 0. The van der Waals surface area contributed by atoms with Crippen molar-refractivity contribution < 1.29 is 0 Å². The Hall–Kier alpha value is -0.590. The summed E-state index contributed by atoms with van der Waals surface area (Å²) in [6.45, 7) is 6.33. The fourth-order valence-electron chi connectivity index (χ4n) is 1.62. The minimum atomic E-state index is -0.581. The van der Waals surface area contributed by atoms with Gasteiger partial charge in [0.05, 0.1) is 12.3 Å². The molecule has 5 heteroatoms. The summed E-state index contributed by atoms with van der Waals surface area (Å²) >= 11 is 4.41. The van der Waals surface area contributed by atoms with Crippen LogP contribution in [0.25, 0.3) is 0 Å². The molecule has 0 fully saturated rings. The van der Waals surface area contributed by atoms with E-state index in [0.717, 1.165) is 16.7 Å². The van der Waals surface area contributed by atoms with Gasteiger partial charge >= 0.3 is 0 Å². The lowest BCUT2D eigenvalue weighted by Gasteiger charge is -2.24. The van der Waals surface area contributed by atoms with Crippen molar-refractivity contribution in [3.63, 3.8) is 0 Å². The van der Waals surface area contributed by atoms with Crippen LogP contribution in [-0.4, -0.2) is 0 Å². The average molecular weight is 254 g/mol. The second-order valence-corrected chi connectivity index (χ2v) is 5.75. The third kappa shape index (κ3) is 3.20. The number of thiol groups is 1. The fraction of sp³-hybridized carbons (Fsp3) is 0.500. The molecule has 0 unspecified atom stereocenters. The largest absolute Gasteiger partial charge is 0.312 e. The molecule has 0 bridgehead atoms. The van der Waals surface area contributed by atoms with Crippen LogP contribution in [0.5, 0.6) is 0 Å². The number of hydrogen-bond donors (Lipinski definition) is 5. The third-order valence-corrected chi connectivity index (χ3v) is 3.27. The second-order valence-electron chi connectivity index (χ2n) is 5.30. The molecule has 0 aliphatic rings. The lowest BCUT2D eigenvalue weighted by Crippen LogP contribution is -2.26. The van der Waals surface area contributed by atoms with Crippen LogP contribution in [-0.2, 0) is 5.41 Å². The Morgan fingerprint density at radius 3 is 1.53 bits per heavy atom. The average Bonchev–Trinajstić information content (AvgIpc) is 2.14. The summed E-state index contributed by atoms with van der Waals surface area (Å²) in [4.78, 5) is 0.683. The van der Waals surface area contributed by atoms with Gasteiger partial charge in [0, 0.05) is 4.90 Å². The molecular formula is C12H22N4S. The molecule has 1 rings (SSSR count). The first-order valence-corrected chi connectivity index (χ1v) is 5.99. The predicted octanol–water partition coefficient (Wildman–Crippen LogP) is 1.10. The third-order valence-electron chi connectivity index (χ3n) is 2.75. The molecule has 8 N–H and O–H groups in total. The van der Waals surface area contributed by atoms with E-state index in [4.69, 9.17) is 22.9 Å². The molecular weight excluding hydrogens is 232 g/mol. The molecule has 0 spiro atoms. The van der Waals surface area contributed by atoms with E-state index in [9.17, 15) is 0 Å². The van der Waals surface area contributed by atoms with Crippen molar-refractivity contribution in [2.24, 2.45) is 22.9 Å². The molecule has 4 nitrogen and oxygen atoms in total. The van der Waals surface area contributed by atoms with Crippen molar-refractivity contribution in [3.05, 3.63) is 28.8 Å². The zero-order valence-electron chi connectivity index (χ0n) is 10.6. The Balaban J connectivity index is 3.48. The monoisotopic (exact) mass is 254 g/mol. The SMILES string of the molecule is CC(C)(C)c1cc(C(N)N)c(S)c(C(N)N)c1. The van der Waals surface area contributed by atoms with E-state index in [1.54, 1.807) is 0 Å². The van der Waals surface area contributed by atoms with E-state index in [1.807, 2.05) is 12.1 Å². The van der Waals surface area contributed by atoms with Crippen LogP contribution in [0.4, 0.5) is 0 Å². The number of hydrogen-bond acceptors (Lipinski definition) is 5. The minimum Gasteiger partial charge on any atom is -0.312 e. The fourth-order valence-corrected chi connectivity index (χ4v) is 2.05. The Labute approximate surface area is 108 Å². The lowest BCUT2D eigenvalue weighted by atomic mass is 9.84. The van der Waals surface area contributed by atoms with E-state index in [2.05, 4.69) is 33.4 Å². The van der Waals surface area contributed by atoms with Gasteiger partial charge in [-0.15, -0.1) is 12.6 Å². The van der Waals surface area contributed by atoms with Gasteiger partial charge < -0.3 is 22.9 Å². The van der Waals surface area contributed by atoms with Gasteiger partial charge in [0.2, 0.25) is 0 Å². The standard InChI is InChI=1S/C12H22N4S/c1-12(2,3)6-4-7(10(13)14)9(17)8(5-6)11(15)16/h4-5,10-11,17H,13-16H2,1-3H3. The van der Waals surface area contributed by atoms with Crippen LogP contribution in [0, 0.1) is 0 Å². The van der Waals surface area contributed by atoms with Gasteiger partial charge in [-0.3, -0.25) is 0 Å². The van der Waals surface area contributed by atoms with Gasteiger partial charge in [0.15, 0.2) is 0 Å². The highest BCUT2D eigenvalue weighted by Gasteiger charge is 2.20. The molecule has 1 aromatic carbocycles. The molecule has 0 atom stereocenters. The Bertz CT molecular complexity index is 378.